The fraction of sp³-hybridized carbons (Fsp3) is 0.500. The van der Waals surface area contributed by atoms with E-state index in [0.29, 0.717) is 12.2 Å². The summed E-state index contributed by atoms with van der Waals surface area (Å²) in [7, 11) is 3.20. The molecule has 1 aromatic carbocycles. The smallest absolute Gasteiger partial charge is 0.306 e. The van der Waals surface area contributed by atoms with Crippen LogP contribution in [0.2, 0.25) is 0 Å². The van der Waals surface area contributed by atoms with E-state index in [4.69, 9.17) is 14.6 Å². The molecule has 0 aromatic heterocycles. The molecule has 1 aromatic rings. The van der Waals surface area contributed by atoms with Crippen LogP contribution in [0.5, 0.6) is 11.5 Å². The first-order chi connectivity index (χ1) is 8.53. The highest BCUT2D eigenvalue weighted by molar-refractivity contribution is 5.70. The van der Waals surface area contributed by atoms with Crippen LogP contribution in [0.3, 0.4) is 0 Å². The number of rotatable bonds is 6. The predicted molar refractivity (Wildman–Crippen MR) is 69.4 cm³/mol. The molecule has 4 heteroatoms. The highest BCUT2D eigenvalue weighted by Gasteiger charge is 2.16. The van der Waals surface area contributed by atoms with Crippen molar-refractivity contribution in [2.45, 2.75) is 26.7 Å². The molecule has 0 aliphatic heterocycles. The van der Waals surface area contributed by atoms with Crippen LogP contribution in [-0.2, 0) is 17.6 Å². The summed E-state index contributed by atoms with van der Waals surface area (Å²) in [5.74, 6) is 0.223. The van der Waals surface area contributed by atoms with E-state index >= 15 is 0 Å². The molecule has 0 fully saturated rings. The van der Waals surface area contributed by atoms with E-state index in [9.17, 15) is 4.79 Å². The van der Waals surface area contributed by atoms with Gasteiger partial charge in [-0.15, -0.1) is 0 Å². The molecule has 0 aliphatic rings. The number of benzene rings is 1. The normalized spacial score (nSPS) is 12.0. The van der Waals surface area contributed by atoms with Crippen LogP contribution in [0, 0.1) is 5.92 Å². The molecule has 0 aliphatic carbocycles. The first-order valence-corrected chi connectivity index (χ1v) is 6.00. The van der Waals surface area contributed by atoms with Crippen molar-refractivity contribution in [3.8, 4) is 11.5 Å². The van der Waals surface area contributed by atoms with E-state index in [1.165, 1.54) is 0 Å². The molecule has 0 radical (unpaired) electrons. The molecule has 0 heterocycles. The maximum atomic E-state index is 10.9. The lowest BCUT2D eigenvalue weighted by molar-refractivity contribution is -0.141. The minimum Gasteiger partial charge on any atom is -0.496 e. The molecule has 0 saturated carbocycles. The second-order valence-electron chi connectivity index (χ2n) is 4.27. The average Bonchev–Trinajstić information content (AvgIpc) is 2.37. The summed E-state index contributed by atoms with van der Waals surface area (Å²) in [4.78, 5) is 10.9. The predicted octanol–water partition coefficient (Wildman–Crippen LogP) is 2.53. The fourth-order valence-corrected chi connectivity index (χ4v) is 1.89. The quantitative estimate of drug-likeness (QED) is 0.845. The van der Waals surface area contributed by atoms with Crippen LogP contribution >= 0.6 is 0 Å². The number of carboxylic acids is 1. The van der Waals surface area contributed by atoms with E-state index < -0.39 is 11.9 Å². The first-order valence-electron chi connectivity index (χ1n) is 6.00. The Kier molecular flexibility index (Phi) is 5.01. The molecule has 0 saturated heterocycles. The number of ether oxygens (including phenoxy) is 2. The number of aliphatic carboxylic acids is 1. The minimum absolute atomic E-state index is 0.433. The number of carbonyl (C=O) groups is 1. The van der Waals surface area contributed by atoms with Gasteiger partial charge < -0.3 is 14.6 Å². The van der Waals surface area contributed by atoms with Gasteiger partial charge in [-0.1, -0.05) is 13.8 Å². The highest BCUT2D eigenvalue weighted by atomic mass is 16.5. The Balaban J connectivity index is 3.13. The standard InChI is InChI=1S/C14H20O4/c1-5-10-7-11(6-9(2)14(15)16)13(18-4)8-12(10)17-3/h7-9H,5-6H2,1-4H3,(H,15,16). The SMILES string of the molecule is CCc1cc(CC(C)C(=O)O)c(OC)cc1OC. The molecule has 1 unspecified atom stereocenters. The van der Waals surface area contributed by atoms with Crippen LogP contribution in [0.1, 0.15) is 25.0 Å². The van der Waals surface area contributed by atoms with E-state index in [2.05, 4.69) is 0 Å². The summed E-state index contributed by atoms with van der Waals surface area (Å²) in [6, 6.07) is 3.79. The van der Waals surface area contributed by atoms with Gasteiger partial charge in [0.05, 0.1) is 20.1 Å². The Morgan fingerprint density at radius 1 is 1.22 bits per heavy atom. The zero-order chi connectivity index (χ0) is 13.7. The minimum atomic E-state index is -0.800. The van der Waals surface area contributed by atoms with E-state index in [0.717, 1.165) is 23.3 Å². The van der Waals surface area contributed by atoms with Gasteiger partial charge in [-0.05, 0) is 30.0 Å². The van der Waals surface area contributed by atoms with Crippen LogP contribution in [0.4, 0.5) is 0 Å². The Hall–Kier alpha value is -1.71. The van der Waals surface area contributed by atoms with Crippen molar-refractivity contribution in [1.29, 1.82) is 0 Å². The van der Waals surface area contributed by atoms with Gasteiger partial charge >= 0.3 is 5.97 Å². The van der Waals surface area contributed by atoms with Crippen molar-refractivity contribution in [1.82, 2.24) is 0 Å². The van der Waals surface area contributed by atoms with Crippen molar-refractivity contribution in [3.63, 3.8) is 0 Å². The van der Waals surface area contributed by atoms with E-state index in [1.807, 2.05) is 19.1 Å². The van der Waals surface area contributed by atoms with Crippen LogP contribution < -0.4 is 9.47 Å². The maximum absolute atomic E-state index is 10.9. The lowest BCUT2D eigenvalue weighted by Crippen LogP contribution is -2.13. The second kappa shape index (κ2) is 6.28. The van der Waals surface area contributed by atoms with E-state index in [1.54, 1.807) is 21.1 Å². The molecule has 1 rings (SSSR count). The van der Waals surface area contributed by atoms with Crippen molar-refractivity contribution in [2.75, 3.05) is 14.2 Å². The third-order valence-corrected chi connectivity index (χ3v) is 3.01. The monoisotopic (exact) mass is 252 g/mol. The molecular formula is C14H20O4. The molecule has 18 heavy (non-hydrogen) atoms. The summed E-state index contributed by atoms with van der Waals surface area (Å²) in [5, 5.41) is 8.97. The highest BCUT2D eigenvalue weighted by Crippen LogP contribution is 2.31. The van der Waals surface area contributed by atoms with Gasteiger partial charge in [0, 0.05) is 6.07 Å². The van der Waals surface area contributed by atoms with Crippen molar-refractivity contribution in [2.24, 2.45) is 5.92 Å². The third-order valence-electron chi connectivity index (χ3n) is 3.01. The van der Waals surface area contributed by atoms with Crippen molar-refractivity contribution < 1.29 is 19.4 Å². The first kappa shape index (κ1) is 14.4. The zero-order valence-corrected chi connectivity index (χ0v) is 11.3. The Morgan fingerprint density at radius 3 is 2.22 bits per heavy atom. The average molecular weight is 252 g/mol. The largest absolute Gasteiger partial charge is 0.496 e. The second-order valence-corrected chi connectivity index (χ2v) is 4.27. The lowest BCUT2D eigenvalue weighted by Gasteiger charge is -2.15. The topological polar surface area (TPSA) is 55.8 Å². The molecule has 0 spiro atoms. The Labute approximate surface area is 108 Å². The summed E-state index contributed by atoms with van der Waals surface area (Å²) in [6.45, 7) is 3.73. The van der Waals surface area contributed by atoms with Gasteiger partial charge in [0.2, 0.25) is 0 Å². The van der Waals surface area contributed by atoms with E-state index in [-0.39, 0.29) is 0 Å². The molecule has 0 bridgehead atoms. The van der Waals surface area contributed by atoms with Crippen LogP contribution in [0.15, 0.2) is 12.1 Å². The number of hydrogen-bond donors (Lipinski definition) is 1. The van der Waals surface area contributed by atoms with Gasteiger partial charge in [-0.2, -0.15) is 0 Å². The lowest BCUT2D eigenvalue weighted by atomic mass is 9.97. The van der Waals surface area contributed by atoms with Crippen LogP contribution in [-0.4, -0.2) is 25.3 Å². The molecule has 1 atom stereocenters. The summed E-state index contributed by atoms with van der Waals surface area (Å²) >= 11 is 0. The Morgan fingerprint density at radius 2 is 1.78 bits per heavy atom. The number of carboxylic acid groups (broad SMARTS) is 1. The number of methoxy groups -OCH3 is 2. The molecule has 0 amide bonds. The van der Waals surface area contributed by atoms with Gasteiger partial charge in [-0.3, -0.25) is 4.79 Å². The van der Waals surface area contributed by atoms with Gasteiger partial charge in [0.25, 0.3) is 0 Å². The van der Waals surface area contributed by atoms with Crippen molar-refractivity contribution >= 4 is 5.97 Å². The molecular weight excluding hydrogens is 232 g/mol. The van der Waals surface area contributed by atoms with Gasteiger partial charge in [0.15, 0.2) is 0 Å². The fourth-order valence-electron chi connectivity index (χ4n) is 1.89. The number of aryl methyl sites for hydroxylation is 1. The summed E-state index contributed by atoms with van der Waals surface area (Å²) in [6.07, 6.45) is 1.29. The summed E-state index contributed by atoms with van der Waals surface area (Å²) < 4.78 is 10.6. The summed E-state index contributed by atoms with van der Waals surface area (Å²) in [5.41, 5.74) is 1.97. The Bertz CT molecular complexity index is 426. The van der Waals surface area contributed by atoms with Crippen LogP contribution in [0.25, 0.3) is 0 Å². The third kappa shape index (κ3) is 3.15. The van der Waals surface area contributed by atoms with Crippen molar-refractivity contribution in [3.05, 3.63) is 23.3 Å². The molecule has 1 N–H and O–H groups in total. The maximum Gasteiger partial charge on any atom is 0.306 e. The van der Waals surface area contributed by atoms with Gasteiger partial charge in [-0.25, -0.2) is 0 Å². The molecule has 100 valence electrons. The van der Waals surface area contributed by atoms with Gasteiger partial charge in [0.1, 0.15) is 11.5 Å². The zero-order valence-electron chi connectivity index (χ0n) is 11.3. The number of hydrogen-bond acceptors (Lipinski definition) is 3. The molecule has 4 nitrogen and oxygen atoms in total.